The number of nitrogens with zero attached hydrogens (tertiary/aromatic N) is 2. The predicted octanol–water partition coefficient (Wildman–Crippen LogP) is 1.87. The van der Waals surface area contributed by atoms with Crippen molar-refractivity contribution < 1.29 is 8.42 Å². The molecule has 2 aliphatic rings. The maximum absolute atomic E-state index is 11.8. The number of hydrogen-bond donors (Lipinski definition) is 2. The van der Waals surface area contributed by atoms with Crippen LogP contribution in [-0.2, 0) is 10.0 Å². The van der Waals surface area contributed by atoms with Crippen molar-refractivity contribution >= 4 is 51.7 Å². The maximum atomic E-state index is 11.8. The number of aliphatic imine (C=N–C) groups is 1. The first-order valence-corrected chi connectivity index (χ1v) is 11.3. The Bertz CT molecular complexity index is 522. The topological polar surface area (TPSA) is 73.8 Å². The Balaban J connectivity index is 0.00000288. The SMILES string of the molecule is CCNC(=NCC1(C)CCCS1)NC[C@H]1CCCN1S(C)(=O)=O.I. The van der Waals surface area contributed by atoms with E-state index < -0.39 is 10.0 Å². The van der Waals surface area contributed by atoms with Crippen LogP contribution in [0.1, 0.15) is 39.5 Å². The van der Waals surface area contributed by atoms with Gasteiger partial charge in [-0.05, 0) is 45.3 Å². The number of nitrogens with one attached hydrogen (secondary N) is 2. The summed E-state index contributed by atoms with van der Waals surface area (Å²) in [5, 5.41) is 6.59. The third-order valence-electron chi connectivity index (χ3n) is 4.47. The van der Waals surface area contributed by atoms with Crippen molar-refractivity contribution in [2.75, 3.05) is 38.2 Å². The molecule has 1 unspecified atom stereocenters. The number of halogens is 1. The molecule has 0 aromatic carbocycles. The molecule has 0 saturated carbocycles. The van der Waals surface area contributed by atoms with Crippen LogP contribution in [0.2, 0.25) is 0 Å². The highest BCUT2D eigenvalue weighted by molar-refractivity contribution is 14.0. The number of rotatable bonds is 6. The average Bonchev–Trinajstić information content (AvgIpc) is 3.11. The van der Waals surface area contributed by atoms with E-state index in [1.54, 1.807) is 4.31 Å². The Kier molecular flexibility index (Phi) is 9.12. The van der Waals surface area contributed by atoms with Crippen molar-refractivity contribution in [3.05, 3.63) is 0 Å². The first-order valence-electron chi connectivity index (χ1n) is 8.47. The van der Waals surface area contributed by atoms with Gasteiger partial charge in [0, 0.05) is 30.4 Å². The summed E-state index contributed by atoms with van der Waals surface area (Å²) in [6.07, 6.45) is 5.62. The lowest BCUT2D eigenvalue weighted by molar-refractivity contribution is 0.387. The van der Waals surface area contributed by atoms with Gasteiger partial charge in [0.05, 0.1) is 12.8 Å². The van der Waals surface area contributed by atoms with Crippen LogP contribution in [0.3, 0.4) is 0 Å². The van der Waals surface area contributed by atoms with E-state index in [2.05, 4.69) is 17.6 Å². The van der Waals surface area contributed by atoms with Crippen LogP contribution in [-0.4, -0.2) is 67.7 Å². The van der Waals surface area contributed by atoms with Gasteiger partial charge in [-0.3, -0.25) is 4.99 Å². The van der Waals surface area contributed by atoms with Gasteiger partial charge in [-0.15, -0.1) is 24.0 Å². The summed E-state index contributed by atoms with van der Waals surface area (Å²) in [7, 11) is -3.12. The highest BCUT2D eigenvalue weighted by Gasteiger charge is 2.32. The van der Waals surface area contributed by atoms with E-state index in [1.165, 1.54) is 24.9 Å². The molecule has 0 bridgehead atoms. The largest absolute Gasteiger partial charge is 0.357 e. The van der Waals surface area contributed by atoms with Crippen molar-refractivity contribution in [3.63, 3.8) is 0 Å². The van der Waals surface area contributed by atoms with Gasteiger partial charge in [0.1, 0.15) is 0 Å². The van der Waals surface area contributed by atoms with Crippen LogP contribution in [0, 0.1) is 0 Å². The molecule has 9 heteroatoms. The van der Waals surface area contributed by atoms with Crippen LogP contribution >= 0.6 is 35.7 Å². The zero-order chi connectivity index (χ0) is 16.9. The summed E-state index contributed by atoms with van der Waals surface area (Å²) in [4.78, 5) is 4.72. The fourth-order valence-corrected chi connectivity index (χ4v) is 5.62. The van der Waals surface area contributed by atoms with Crippen molar-refractivity contribution in [2.24, 2.45) is 4.99 Å². The van der Waals surface area contributed by atoms with Crippen molar-refractivity contribution in [3.8, 4) is 0 Å². The lowest BCUT2D eigenvalue weighted by atomic mass is 10.1. The first-order chi connectivity index (χ1) is 10.8. The molecule has 0 amide bonds. The predicted molar refractivity (Wildman–Crippen MR) is 114 cm³/mol. The van der Waals surface area contributed by atoms with Crippen LogP contribution in [0.4, 0.5) is 0 Å². The molecule has 0 spiro atoms. The molecule has 2 aliphatic heterocycles. The summed E-state index contributed by atoms with van der Waals surface area (Å²) in [6, 6.07) is 0.0327. The third-order valence-corrected chi connectivity index (χ3v) is 7.33. The van der Waals surface area contributed by atoms with Gasteiger partial charge in [0.25, 0.3) is 0 Å². The smallest absolute Gasteiger partial charge is 0.211 e. The minimum absolute atomic E-state index is 0. The second kappa shape index (κ2) is 9.82. The molecular formula is C15H31IN4O2S2. The molecule has 142 valence electrons. The van der Waals surface area contributed by atoms with Crippen LogP contribution in [0.5, 0.6) is 0 Å². The summed E-state index contributed by atoms with van der Waals surface area (Å²) < 4.78 is 25.5. The molecule has 2 fully saturated rings. The Morgan fingerprint density at radius 3 is 2.71 bits per heavy atom. The molecule has 0 aliphatic carbocycles. The van der Waals surface area contributed by atoms with E-state index in [0.717, 1.165) is 31.9 Å². The fourth-order valence-electron chi connectivity index (χ4n) is 3.21. The molecule has 0 radical (unpaired) electrons. The lowest BCUT2D eigenvalue weighted by Crippen LogP contribution is -2.46. The molecule has 0 aromatic heterocycles. The summed E-state index contributed by atoms with van der Waals surface area (Å²) in [5.74, 6) is 2.02. The molecule has 24 heavy (non-hydrogen) atoms. The number of hydrogen-bond acceptors (Lipinski definition) is 4. The van der Waals surface area contributed by atoms with E-state index in [4.69, 9.17) is 4.99 Å². The Hall–Kier alpha value is 0.260. The van der Waals surface area contributed by atoms with Crippen molar-refractivity contribution in [1.29, 1.82) is 0 Å². The minimum Gasteiger partial charge on any atom is -0.357 e. The summed E-state index contributed by atoms with van der Waals surface area (Å²) in [5.41, 5.74) is 0. The van der Waals surface area contributed by atoms with Crippen LogP contribution < -0.4 is 10.6 Å². The number of sulfonamides is 1. The van der Waals surface area contributed by atoms with E-state index in [-0.39, 0.29) is 34.8 Å². The first kappa shape index (κ1) is 22.3. The van der Waals surface area contributed by atoms with Crippen LogP contribution in [0.25, 0.3) is 0 Å². The number of guanidine groups is 1. The Labute approximate surface area is 168 Å². The van der Waals surface area contributed by atoms with Crippen molar-refractivity contribution in [1.82, 2.24) is 14.9 Å². The molecule has 2 heterocycles. The van der Waals surface area contributed by atoms with Gasteiger partial charge >= 0.3 is 0 Å². The third kappa shape index (κ3) is 6.53. The monoisotopic (exact) mass is 490 g/mol. The van der Waals surface area contributed by atoms with E-state index in [0.29, 0.717) is 13.1 Å². The molecule has 6 nitrogen and oxygen atoms in total. The van der Waals surface area contributed by atoms with E-state index in [9.17, 15) is 8.42 Å². The number of thioether (sulfide) groups is 1. The zero-order valence-electron chi connectivity index (χ0n) is 14.9. The second-order valence-electron chi connectivity index (χ2n) is 6.65. The van der Waals surface area contributed by atoms with Gasteiger partial charge in [0.2, 0.25) is 10.0 Å². The normalized spacial score (nSPS) is 28.6. The second-order valence-corrected chi connectivity index (χ2v) is 10.3. The summed E-state index contributed by atoms with van der Waals surface area (Å²) >= 11 is 2.00. The Morgan fingerprint density at radius 1 is 1.38 bits per heavy atom. The highest BCUT2D eigenvalue weighted by Crippen LogP contribution is 2.37. The maximum Gasteiger partial charge on any atom is 0.211 e. The highest BCUT2D eigenvalue weighted by atomic mass is 127. The van der Waals surface area contributed by atoms with E-state index >= 15 is 0 Å². The molecule has 2 rings (SSSR count). The Morgan fingerprint density at radius 2 is 2.12 bits per heavy atom. The average molecular weight is 490 g/mol. The quantitative estimate of drug-likeness (QED) is 0.338. The van der Waals surface area contributed by atoms with Gasteiger partial charge in [0.15, 0.2) is 5.96 Å². The standard InChI is InChI=1S/C15H30N4O2S2.HI/c1-4-16-14(18-12-15(2)8-6-10-22-15)17-11-13-7-5-9-19(13)23(3,20)21;/h13H,4-12H2,1-3H3,(H2,16,17,18);1H/t13-,15?;/m1./s1. The van der Waals surface area contributed by atoms with Gasteiger partial charge in [-0.1, -0.05) is 0 Å². The molecule has 2 saturated heterocycles. The lowest BCUT2D eigenvalue weighted by Gasteiger charge is -2.24. The van der Waals surface area contributed by atoms with Gasteiger partial charge in [-0.2, -0.15) is 16.1 Å². The molecule has 0 aromatic rings. The van der Waals surface area contributed by atoms with Gasteiger partial charge < -0.3 is 10.6 Å². The molecule has 2 N–H and O–H groups in total. The minimum atomic E-state index is -3.12. The molecule has 2 atom stereocenters. The summed E-state index contributed by atoms with van der Waals surface area (Å²) in [6.45, 7) is 7.17. The van der Waals surface area contributed by atoms with Crippen molar-refractivity contribution in [2.45, 2.75) is 50.3 Å². The molecular weight excluding hydrogens is 459 g/mol. The van der Waals surface area contributed by atoms with Crippen LogP contribution in [0.15, 0.2) is 4.99 Å². The fraction of sp³-hybridized carbons (Fsp3) is 0.933. The zero-order valence-corrected chi connectivity index (χ0v) is 18.8. The van der Waals surface area contributed by atoms with E-state index in [1.807, 2.05) is 18.7 Å². The van der Waals surface area contributed by atoms with Gasteiger partial charge in [-0.25, -0.2) is 8.42 Å².